The van der Waals surface area contributed by atoms with Crippen molar-refractivity contribution in [1.82, 2.24) is 10.6 Å². The van der Waals surface area contributed by atoms with E-state index in [0.29, 0.717) is 31.5 Å². The Morgan fingerprint density at radius 3 is 2.96 bits per heavy atom. The summed E-state index contributed by atoms with van der Waals surface area (Å²) in [6.07, 6.45) is 0.975. The van der Waals surface area contributed by atoms with E-state index < -0.39 is 0 Å². The van der Waals surface area contributed by atoms with Gasteiger partial charge in [0.2, 0.25) is 0 Å². The first-order chi connectivity index (χ1) is 12.6. The highest BCUT2D eigenvalue weighted by Gasteiger charge is 2.17. The summed E-state index contributed by atoms with van der Waals surface area (Å²) in [6.45, 7) is 9.23. The van der Waals surface area contributed by atoms with Crippen molar-refractivity contribution in [3.05, 3.63) is 30.1 Å². The van der Waals surface area contributed by atoms with Crippen LogP contribution < -0.4 is 15.4 Å². The normalized spacial score (nSPS) is 19.8. The molecule has 2 N–H and O–H groups in total. The molecule has 0 saturated carbocycles. The fourth-order valence-corrected chi connectivity index (χ4v) is 2.55. The maximum absolute atomic E-state index is 13.2. The SMILES string of the molecule is CCNC(=NCC(C)Oc1cccc(F)c1)NC(C)COC1CCOC1. The lowest BCUT2D eigenvalue weighted by molar-refractivity contribution is 0.0347. The molecule has 7 heteroatoms. The van der Waals surface area contributed by atoms with Crippen LogP contribution in [0.4, 0.5) is 4.39 Å². The Morgan fingerprint density at radius 2 is 2.27 bits per heavy atom. The minimum atomic E-state index is -0.310. The number of rotatable bonds is 9. The molecule has 0 amide bonds. The van der Waals surface area contributed by atoms with Gasteiger partial charge in [-0.3, -0.25) is 0 Å². The Hall–Kier alpha value is -1.86. The summed E-state index contributed by atoms with van der Waals surface area (Å²) in [5.74, 6) is 0.905. The van der Waals surface area contributed by atoms with Gasteiger partial charge in [-0.2, -0.15) is 0 Å². The van der Waals surface area contributed by atoms with Crippen molar-refractivity contribution in [3.8, 4) is 5.75 Å². The smallest absolute Gasteiger partial charge is 0.191 e. The Kier molecular flexibility index (Phi) is 8.64. The first-order valence-electron chi connectivity index (χ1n) is 9.23. The lowest BCUT2D eigenvalue weighted by Gasteiger charge is -2.20. The lowest BCUT2D eigenvalue weighted by atomic mass is 10.3. The molecule has 0 aliphatic carbocycles. The van der Waals surface area contributed by atoms with E-state index in [-0.39, 0.29) is 24.1 Å². The average molecular weight is 367 g/mol. The fraction of sp³-hybridized carbons (Fsp3) is 0.632. The Balaban J connectivity index is 1.78. The molecule has 26 heavy (non-hydrogen) atoms. The van der Waals surface area contributed by atoms with Gasteiger partial charge in [0, 0.05) is 25.3 Å². The molecule has 1 aromatic rings. The van der Waals surface area contributed by atoms with Crippen LogP contribution in [0, 0.1) is 5.82 Å². The van der Waals surface area contributed by atoms with Crippen LogP contribution in [0.2, 0.25) is 0 Å². The van der Waals surface area contributed by atoms with Crippen LogP contribution in [0.15, 0.2) is 29.3 Å². The maximum Gasteiger partial charge on any atom is 0.191 e. The molecule has 3 atom stereocenters. The van der Waals surface area contributed by atoms with Crippen LogP contribution >= 0.6 is 0 Å². The summed E-state index contributed by atoms with van der Waals surface area (Å²) in [6, 6.07) is 6.25. The van der Waals surface area contributed by atoms with Gasteiger partial charge in [0.25, 0.3) is 0 Å². The summed E-state index contributed by atoms with van der Waals surface area (Å²) < 4.78 is 30.1. The topological polar surface area (TPSA) is 64.1 Å². The van der Waals surface area contributed by atoms with Crippen molar-refractivity contribution in [1.29, 1.82) is 0 Å². The van der Waals surface area contributed by atoms with Crippen LogP contribution in [0.1, 0.15) is 27.2 Å². The molecule has 0 aromatic heterocycles. The highest BCUT2D eigenvalue weighted by Crippen LogP contribution is 2.13. The monoisotopic (exact) mass is 367 g/mol. The second-order valence-electron chi connectivity index (χ2n) is 6.47. The van der Waals surface area contributed by atoms with E-state index >= 15 is 0 Å². The first kappa shape index (κ1) is 20.5. The van der Waals surface area contributed by atoms with Crippen LogP contribution in [-0.4, -0.2) is 57.1 Å². The van der Waals surface area contributed by atoms with Gasteiger partial charge >= 0.3 is 0 Å². The minimum absolute atomic E-state index is 0.118. The molecular weight excluding hydrogens is 337 g/mol. The minimum Gasteiger partial charge on any atom is -0.489 e. The number of nitrogens with one attached hydrogen (secondary N) is 2. The van der Waals surface area contributed by atoms with Crippen LogP contribution in [0.5, 0.6) is 5.75 Å². The van der Waals surface area contributed by atoms with E-state index in [4.69, 9.17) is 14.2 Å². The van der Waals surface area contributed by atoms with E-state index in [1.807, 2.05) is 13.8 Å². The van der Waals surface area contributed by atoms with Crippen molar-refractivity contribution in [3.63, 3.8) is 0 Å². The zero-order valence-electron chi connectivity index (χ0n) is 15.8. The number of nitrogens with zero attached hydrogens (tertiary/aromatic N) is 1. The van der Waals surface area contributed by atoms with Crippen LogP contribution in [0.25, 0.3) is 0 Å². The molecule has 1 saturated heterocycles. The lowest BCUT2D eigenvalue weighted by Crippen LogP contribution is -2.45. The highest BCUT2D eigenvalue weighted by atomic mass is 19.1. The van der Waals surface area contributed by atoms with Crippen molar-refractivity contribution < 1.29 is 18.6 Å². The van der Waals surface area contributed by atoms with Gasteiger partial charge in [0.15, 0.2) is 5.96 Å². The van der Waals surface area contributed by atoms with Crippen molar-refractivity contribution in [2.24, 2.45) is 4.99 Å². The number of hydrogen-bond acceptors (Lipinski definition) is 4. The third kappa shape index (κ3) is 7.58. The van der Waals surface area contributed by atoms with E-state index in [0.717, 1.165) is 19.6 Å². The molecule has 1 fully saturated rings. The van der Waals surface area contributed by atoms with Crippen molar-refractivity contribution in [2.75, 3.05) is 32.9 Å². The number of aliphatic imine (C=N–C) groups is 1. The molecule has 0 radical (unpaired) electrons. The summed E-state index contributed by atoms with van der Waals surface area (Å²) in [4.78, 5) is 4.55. The van der Waals surface area contributed by atoms with Crippen LogP contribution in [0.3, 0.4) is 0 Å². The molecule has 1 aromatic carbocycles. The summed E-state index contributed by atoms with van der Waals surface area (Å²) in [5, 5.41) is 6.54. The molecule has 1 heterocycles. The molecule has 1 aliphatic rings. The molecule has 0 spiro atoms. The molecule has 0 bridgehead atoms. The Labute approximate surface area is 155 Å². The van der Waals surface area contributed by atoms with Crippen molar-refractivity contribution >= 4 is 5.96 Å². The number of guanidine groups is 1. The van der Waals surface area contributed by atoms with E-state index in [2.05, 4.69) is 22.5 Å². The van der Waals surface area contributed by atoms with Gasteiger partial charge in [-0.25, -0.2) is 9.38 Å². The molecule has 2 rings (SSSR count). The number of ether oxygens (including phenoxy) is 3. The standard InChI is InChI=1S/C19H30FN3O3/c1-4-21-19(23-14(2)12-25-18-8-9-24-13-18)22-11-15(3)26-17-7-5-6-16(20)10-17/h5-7,10,14-15,18H,4,8-9,11-13H2,1-3H3,(H2,21,22,23). The van der Waals surface area contributed by atoms with E-state index in [9.17, 15) is 4.39 Å². The van der Waals surface area contributed by atoms with Gasteiger partial charge in [-0.1, -0.05) is 6.07 Å². The van der Waals surface area contributed by atoms with Gasteiger partial charge in [0.05, 0.1) is 25.9 Å². The maximum atomic E-state index is 13.2. The van der Waals surface area contributed by atoms with Gasteiger partial charge in [0.1, 0.15) is 17.7 Å². The van der Waals surface area contributed by atoms with Crippen LogP contribution in [-0.2, 0) is 9.47 Å². The fourth-order valence-electron chi connectivity index (χ4n) is 2.55. The molecule has 1 aliphatic heterocycles. The molecule has 6 nitrogen and oxygen atoms in total. The Bertz CT molecular complexity index is 565. The summed E-state index contributed by atoms with van der Waals surface area (Å²) in [5.41, 5.74) is 0. The molecular formula is C19H30FN3O3. The third-order valence-electron chi connectivity index (χ3n) is 3.84. The first-order valence-corrected chi connectivity index (χ1v) is 9.23. The summed E-state index contributed by atoms with van der Waals surface area (Å²) in [7, 11) is 0. The molecule has 3 unspecified atom stereocenters. The van der Waals surface area contributed by atoms with Crippen molar-refractivity contribution in [2.45, 2.75) is 45.4 Å². The quantitative estimate of drug-likeness (QED) is 0.518. The zero-order valence-corrected chi connectivity index (χ0v) is 15.8. The predicted octanol–water partition coefficient (Wildman–Crippen LogP) is 2.34. The average Bonchev–Trinajstić information content (AvgIpc) is 3.12. The third-order valence-corrected chi connectivity index (χ3v) is 3.84. The summed E-state index contributed by atoms with van der Waals surface area (Å²) >= 11 is 0. The van der Waals surface area contributed by atoms with Gasteiger partial charge in [-0.15, -0.1) is 0 Å². The second kappa shape index (κ2) is 11.0. The number of halogens is 1. The van der Waals surface area contributed by atoms with E-state index in [1.165, 1.54) is 12.1 Å². The largest absolute Gasteiger partial charge is 0.489 e. The number of benzene rings is 1. The van der Waals surface area contributed by atoms with Gasteiger partial charge in [-0.05, 0) is 39.3 Å². The van der Waals surface area contributed by atoms with Gasteiger partial charge < -0.3 is 24.8 Å². The zero-order chi connectivity index (χ0) is 18.8. The molecule has 146 valence electrons. The Morgan fingerprint density at radius 1 is 1.42 bits per heavy atom. The number of hydrogen-bond donors (Lipinski definition) is 2. The second-order valence-corrected chi connectivity index (χ2v) is 6.47. The highest BCUT2D eigenvalue weighted by molar-refractivity contribution is 5.80. The van der Waals surface area contributed by atoms with E-state index in [1.54, 1.807) is 12.1 Å². The predicted molar refractivity (Wildman–Crippen MR) is 100 cm³/mol.